The van der Waals surface area contributed by atoms with E-state index in [2.05, 4.69) is 10.4 Å². The summed E-state index contributed by atoms with van der Waals surface area (Å²) in [5.74, 6) is 5.83. The Morgan fingerprint density at radius 2 is 2.22 bits per heavy atom. The number of nitrogens with two attached hydrogens (primary N) is 1. The lowest BCUT2D eigenvalue weighted by molar-refractivity contribution is 0.0687. The Morgan fingerprint density at radius 3 is 2.83 bits per heavy atom. The minimum absolute atomic E-state index is 0.00139. The van der Waals surface area contributed by atoms with E-state index in [0.717, 1.165) is 19.4 Å². The van der Waals surface area contributed by atoms with Gasteiger partial charge in [0, 0.05) is 12.6 Å². The first-order valence-corrected chi connectivity index (χ1v) is 6.51. The summed E-state index contributed by atoms with van der Waals surface area (Å²) in [6, 6.07) is 5.64. The van der Waals surface area contributed by atoms with E-state index in [1.165, 1.54) is 12.8 Å². The fourth-order valence-electron chi connectivity index (χ4n) is 2.56. The number of hydrogen-bond acceptors (Lipinski definition) is 4. The van der Waals surface area contributed by atoms with E-state index in [9.17, 15) is 4.79 Å². The van der Waals surface area contributed by atoms with Crippen molar-refractivity contribution < 1.29 is 4.79 Å². The third-order valence-corrected chi connectivity index (χ3v) is 3.48. The van der Waals surface area contributed by atoms with Crippen LogP contribution in [0.25, 0.3) is 0 Å². The molecule has 1 aromatic heterocycles. The molecule has 2 rings (SSSR count). The highest BCUT2D eigenvalue weighted by atomic mass is 16.2. The molecule has 0 radical (unpaired) electrons. The third-order valence-electron chi connectivity index (χ3n) is 3.48. The number of nitrogens with zero attached hydrogens (tertiary/aromatic N) is 2. The van der Waals surface area contributed by atoms with Gasteiger partial charge < -0.3 is 10.3 Å². The fraction of sp³-hybridized carbons (Fsp3) is 0.538. The zero-order chi connectivity index (χ0) is 13.0. The van der Waals surface area contributed by atoms with Crippen LogP contribution in [-0.4, -0.2) is 28.4 Å². The first-order valence-electron chi connectivity index (χ1n) is 6.51. The molecule has 3 N–H and O–H groups in total. The smallest absolute Gasteiger partial charge is 0.272 e. The van der Waals surface area contributed by atoms with Crippen molar-refractivity contribution in [1.82, 2.24) is 9.88 Å². The Morgan fingerprint density at radius 1 is 1.50 bits per heavy atom. The summed E-state index contributed by atoms with van der Waals surface area (Å²) in [7, 11) is 0. The lowest BCUT2D eigenvalue weighted by atomic mass is 10.2. The van der Waals surface area contributed by atoms with E-state index in [0.29, 0.717) is 17.6 Å². The zero-order valence-electron chi connectivity index (χ0n) is 10.7. The van der Waals surface area contributed by atoms with E-state index < -0.39 is 0 Å². The predicted molar refractivity (Wildman–Crippen MR) is 71.0 cm³/mol. The van der Waals surface area contributed by atoms with Gasteiger partial charge in [0.25, 0.3) is 5.91 Å². The number of amides is 1. The van der Waals surface area contributed by atoms with Crippen molar-refractivity contribution in [2.45, 2.75) is 38.6 Å². The van der Waals surface area contributed by atoms with Crippen LogP contribution in [0.4, 0.5) is 5.82 Å². The molecule has 0 unspecified atom stereocenters. The van der Waals surface area contributed by atoms with Gasteiger partial charge in [-0.25, -0.2) is 10.8 Å². The first kappa shape index (κ1) is 12.8. The number of anilines is 1. The number of nitrogen functional groups attached to an aromatic ring is 1. The minimum Gasteiger partial charge on any atom is -0.335 e. The normalized spacial score (nSPS) is 15.7. The zero-order valence-corrected chi connectivity index (χ0v) is 10.7. The van der Waals surface area contributed by atoms with Gasteiger partial charge in [0.2, 0.25) is 0 Å². The average molecular weight is 248 g/mol. The van der Waals surface area contributed by atoms with Gasteiger partial charge in [0.15, 0.2) is 0 Å². The van der Waals surface area contributed by atoms with Crippen molar-refractivity contribution in [3.8, 4) is 0 Å². The fourth-order valence-corrected chi connectivity index (χ4v) is 2.56. The van der Waals surface area contributed by atoms with Gasteiger partial charge in [0.1, 0.15) is 11.5 Å². The molecule has 1 aliphatic rings. The Hall–Kier alpha value is -1.62. The molecule has 18 heavy (non-hydrogen) atoms. The van der Waals surface area contributed by atoms with E-state index in [1.54, 1.807) is 18.2 Å². The number of hydrogen-bond donors (Lipinski definition) is 2. The van der Waals surface area contributed by atoms with Gasteiger partial charge in [-0.2, -0.15) is 0 Å². The monoisotopic (exact) mass is 248 g/mol. The van der Waals surface area contributed by atoms with Gasteiger partial charge in [0.05, 0.1) is 0 Å². The van der Waals surface area contributed by atoms with E-state index in [1.807, 2.05) is 11.8 Å². The summed E-state index contributed by atoms with van der Waals surface area (Å²) in [4.78, 5) is 18.6. The molecule has 0 saturated heterocycles. The van der Waals surface area contributed by atoms with Crippen LogP contribution in [0.15, 0.2) is 18.2 Å². The van der Waals surface area contributed by atoms with Gasteiger partial charge in [-0.1, -0.05) is 18.9 Å². The Balaban J connectivity index is 2.16. The highest BCUT2D eigenvalue weighted by Gasteiger charge is 2.26. The van der Waals surface area contributed by atoms with Crippen LogP contribution in [-0.2, 0) is 0 Å². The van der Waals surface area contributed by atoms with Crippen LogP contribution in [0, 0.1) is 0 Å². The summed E-state index contributed by atoms with van der Waals surface area (Å²) in [6.45, 7) is 2.74. The van der Waals surface area contributed by atoms with Crippen molar-refractivity contribution in [3.05, 3.63) is 23.9 Å². The maximum absolute atomic E-state index is 12.4. The minimum atomic E-state index is 0.00139. The molecule has 1 amide bonds. The molecule has 1 heterocycles. The third kappa shape index (κ3) is 2.61. The van der Waals surface area contributed by atoms with Gasteiger partial charge in [-0.15, -0.1) is 0 Å². The van der Waals surface area contributed by atoms with Crippen LogP contribution < -0.4 is 11.3 Å². The molecule has 1 aromatic rings. The SMILES string of the molecule is CCN(C(=O)c1cccc(NN)n1)C1CCCC1. The van der Waals surface area contributed by atoms with Crippen molar-refractivity contribution in [2.75, 3.05) is 12.0 Å². The summed E-state index contributed by atoms with van der Waals surface area (Å²) < 4.78 is 0. The van der Waals surface area contributed by atoms with E-state index >= 15 is 0 Å². The number of aromatic nitrogens is 1. The van der Waals surface area contributed by atoms with Crippen LogP contribution in [0.2, 0.25) is 0 Å². The Labute approximate surface area is 107 Å². The molecular weight excluding hydrogens is 228 g/mol. The average Bonchev–Trinajstić information content (AvgIpc) is 2.93. The highest BCUT2D eigenvalue weighted by Crippen LogP contribution is 2.24. The number of rotatable bonds is 4. The molecule has 0 bridgehead atoms. The molecule has 0 atom stereocenters. The molecule has 1 fully saturated rings. The molecule has 98 valence electrons. The second kappa shape index (κ2) is 5.82. The van der Waals surface area contributed by atoms with E-state index in [-0.39, 0.29) is 5.91 Å². The lowest BCUT2D eigenvalue weighted by Gasteiger charge is -2.27. The van der Waals surface area contributed by atoms with E-state index in [4.69, 9.17) is 5.84 Å². The molecule has 5 nitrogen and oxygen atoms in total. The summed E-state index contributed by atoms with van der Waals surface area (Å²) in [5.41, 5.74) is 2.92. The Bertz CT molecular complexity index is 415. The predicted octanol–water partition coefficient (Wildman–Crippen LogP) is 1.77. The molecule has 1 aliphatic carbocycles. The van der Waals surface area contributed by atoms with Gasteiger partial charge >= 0.3 is 0 Å². The number of hydrazine groups is 1. The summed E-state index contributed by atoms with van der Waals surface area (Å²) in [5, 5.41) is 0. The van der Waals surface area contributed by atoms with Gasteiger partial charge in [-0.3, -0.25) is 4.79 Å². The quantitative estimate of drug-likeness (QED) is 0.629. The largest absolute Gasteiger partial charge is 0.335 e. The second-order valence-electron chi connectivity index (χ2n) is 4.58. The Kier molecular flexibility index (Phi) is 4.15. The molecule has 0 spiro atoms. The number of pyridine rings is 1. The summed E-state index contributed by atoms with van der Waals surface area (Å²) in [6.07, 6.45) is 4.64. The highest BCUT2D eigenvalue weighted by molar-refractivity contribution is 5.92. The molecule has 0 aromatic carbocycles. The molecule has 0 aliphatic heterocycles. The van der Waals surface area contributed by atoms with Crippen LogP contribution in [0.5, 0.6) is 0 Å². The van der Waals surface area contributed by atoms with Crippen molar-refractivity contribution >= 4 is 11.7 Å². The maximum atomic E-state index is 12.4. The second-order valence-corrected chi connectivity index (χ2v) is 4.58. The van der Waals surface area contributed by atoms with Crippen LogP contribution in [0.3, 0.4) is 0 Å². The standard InChI is InChI=1S/C13H20N4O/c1-2-17(10-6-3-4-7-10)13(18)11-8-5-9-12(15-11)16-14/h5,8-10H,2-4,6-7,14H2,1H3,(H,15,16). The molecular formula is C13H20N4O. The van der Waals surface area contributed by atoms with Crippen LogP contribution >= 0.6 is 0 Å². The number of carbonyl (C=O) groups is 1. The number of nitrogens with one attached hydrogen (secondary N) is 1. The molecule has 1 saturated carbocycles. The summed E-state index contributed by atoms with van der Waals surface area (Å²) >= 11 is 0. The van der Waals surface area contributed by atoms with Crippen molar-refractivity contribution in [2.24, 2.45) is 5.84 Å². The van der Waals surface area contributed by atoms with Crippen molar-refractivity contribution in [1.29, 1.82) is 0 Å². The lowest BCUT2D eigenvalue weighted by Crippen LogP contribution is -2.39. The molecule has 5 heteroatoms. The van der Waals surface area contributed by atoms with Crippen LogP contribution in [0.1, 0.15) is 43.1 Å². The maximum Gasteiger partial charge on any atom is 0.272 e. The first-order chi connectivity index (χ1) is 8.76. The van der Waals surface area contributed by atoms with Crippen molar-refractivity contribution in [3.63, 3.8) is 0 Å². The topological polar surface area (TPSA) is 71.2 Å². The number of carbonyl (C=O) groups excluding carboxylic acids is 1. The van der Waals surface area contributed by atoms with Gasteiger partial charge in [-0.05, 0) is 31.9 Å².